The van der Waals surface area contributed by atoms with E-state index in [1.807, 2.05) is 13.8 Å². The van der Waals surface area contributed by atoms with Crippen LogP contribution in [-0.4, -0.2) is 40.0 Å². The number of rotatable bonds is 2. The SMILES string of the molecule is CC(=O)OC1(C(C)=O)CCC2(C)C3CCC4=CC(=O)CCC4C3(F)C(O)CC12C. The molecule has 6 heteroatoms. The Morgan fingerprint density at radius 1 is 1.17 bits per heavy atom. The zero-order valence-corrected chi connectivity index (χ0v) is 17.7. The molecule has 0 aliphatic heterocycles. The predicted octanol–water partition coefficient (Wildman–Crippen LogP) is 3.47. The van der Waals surface area contributed by atoms with Gasteiger partial charge in [-0.3, -0.25) is 14.4 Å². The molecule has 160 valence electrons. The summed E-state index contributed by atoms with van der Waals surface area (Å²) < 4.78 is 22.5. The normalized spacial score (nSPS) is 48.8. The number of allylic oxidation sites excluding steroid dienone is 1. The van der Waals surface area contributed by atoms with Gasteiger partial charge in [0, 0.05) is 30.6 Å². The van der Waals surface area contributed by atoms with E-state index < -0.39 is 46.0 Å². The first-order chi connectivity index (χ1) is 13.4. The highest BCUT2D eigenvalue weighted by atomic mass is 19.1. The number of aliphatic hydroxyl groups is 1. The van der Waals surface area contributed by atoms with Gasteiger partial charge in [-0.25, -0.2) is 4.39 Å². The molecule has 1 N–H and O–H groups in total. The maximum Gasteiger partial charge on any atom is 0.303 e. The molecule has 3 fully saturated rings. The molecule has 0 bridgehead atoms. The number of aliphatic hydroxyl groups excluding tert-OH is 1. The summed E-state index contributed by atoms with van der Waals surface area (Å²) >= 11 is 0. The van der Waals surface area contributed by atoms with Crippen molar-refractivity contribution in [2.24, 2.45) is 22.7 Å². The van der Waals surface area contributed by atoms with Crippen LogP contribution >= 0.6 is 0 Å². The molecule has 7 atom stereocenters. The molecular formula is C23H31FO5. The van der Waals surface area contributed by atoms with Gasteiger partial charge < -0.3 is 9.84 Å². The van der Waals surface area contributed by atoms with E-state index in [9.17, 15) is 19.5 Å². The summed E-state index contributed by atoms with van der Waals surface area (Å²) in [5, 5.41) is 11.2. The van der Waals surface area contributed by atoms with Gasteiger partial charge >= 0.3 is 5.97 Å². The number of hydrogen-bond donors (Lipinski definition) is 1. The second kappa shape index (κ2) is 6.22. The summed E-state index contributed by atoms with van der Waals surface area (Å²) in [5.74, 6) is -1.66. The van der Waals surface area contributed by atoms with Crippen molar-refractivity contribution in [2.75, 3.05) is 0 Å². The first-order valence-electron chi connectivity index (χ1n) is 10.7. The van der Waals surface area contributed by atoms with E-state index >= 15 is 4.39 Å². The maximum atomic E-state index is 16.8. The molecule has 0 radical (unpaired) electrons. The van der Waals surface area contributed by atoms with E-state index in [-0.39, 0.29) is 18.0 Å². The smallest absolute Gasteiger partial charge is 0.303 e. The highest BCUT2D eigenvalue weighted by Gasteiger charge is 2.77. The van der Waals surface area contributed by atoms with Gasteiger partial charge in [0.2, 0.25) is 0 Å². The largest absolute Gasteiger partial charge is 0.451 e. The summed E-state index contributed by atoms with van der Waals surface area (Å²) in [6, 6.07) is 0. The fraction of sp³-hybridized carbons (Fsp3) is 0.783. The van der Waals surface area contributed by atoms with Crippen molar-refractivity contribution in [1.29, 1.82) is 0 Å². The molecule has 4 aliphatic carbocycles. The van der Waals surface area contributed by atoms with Crippen molar-refractivity contribution in [3.8, 4) is 0 Å². The summed E-state index contributed by atoms with van der Waals surface area (Å²) in [6.45, 7) is 6.62. The number of Topliss-reactive ketones (excluding diaryl/α,β-unsaturated/α-hetero) is 1. The molecule has 29 heavy (non-hydrogen) atoms. The van der Waals surface area contributed by atoms with E-state index in [0.29, 0.717) is 38.5 Å². The molecule has 0 spiro atoms. The van der Waals surface area contributed by atoms with E-state index in [1.54, 1.807) is 6.08 Å². The van der Waals surface area contributed by atoms with Gasteiger partial charge in [0.15, 0.2) is 17.2 Å². The third-order valence-electron chi connectivity index (χ3n) is 9.18. The highest BCUT2D eigenvalue weighted by Crippen LogP contribution is 2.73. The van der Waals surface area contributed by atoms with Gasteiger partial charge in [0.25, 0.3) is 0 Å². The van der Waals surface area contributed by atoms with Crippen LogP contribution in [0.4, 0.5) is 4.39 Å². The van der Waals surface area contributed by atoms with Gasteiger partial charge in [-0.1, -0.05) is 19.4 Å². The Labute approximate surface area is 171 Å². The third kappa shape index (κ3) is 2.38. The van der Waals surface area contributed by atoms with Crippen molar-refractivity contribution in [3.05, 3.63) is 11.6 Å². The first-order valence-corrected chi connectivity index (χ1v) is 10.7. The van der Waals surface area contributed by atoms with Crippen molar-refractivity contribution in [3.63, 3.8) is 0 Å². The Hall–Kier alpha value is -1.56. The van der Waals surface area contributed by atoms with E-state index in [1.165, 1.54) is 13.8 Å². The minimum atomic E-state index is -1.83. The Kier molecular flexibility index (Phi) is 4.44. The number of alkyl halides is 1. The lowest BCUT2D eigenvalue weighted by atomic mass is 9.42. The number of carbonyl (C=O) groups is 3. The standard InChI is InChI=1S/C23H31FO5/c1-13(25)22(29-14(2)26)10-9-20(3)18-8-5-15-11-16(27)6-7-17(15)23(18,24)19(28)12-21(20,22)4/h11,17-19,28H,5-10,12H2,1-4H3. The Morgan fingerprint density at radius 3 is 2.48 bits per heavy atom. The van der Waals surface area contributed by atoms with Crippen LogP contribution in [0, 0.1) is 22.7 Å². The van der Waals surface area contributed by atoms with Crippen LogP contribution in [0.25, 0.3) is 0 Å². The summed E-state index contributed by atoms with van der Waals surface area (Å²) in [6.07, 6.45) is 3.14. The monoisotopic (exact) mass is 406 g/mol. The average Bonchev–Trinajstić information content (AvgIpc) is 2.84. The molecule has 4 rings (SSSR count). The quantitative estimate of drug-likeness (QED) is 0.710. The second-order valence-electron chi connectivity index (χ2n) is 10.1. The van der Waals surface area contributed by atoms with E-state index in [2.05, 4.69) is 0 Å². The number of fused-ring (bicyclic) bond motifs is 5. The molecule has 3 saturated carbocycles. The van der Waals surface area contributed by atoms with Crippen molar-refractivity contribution in [1.82, 2.24) is 0 Å². The molecule has 0 heterocycles. The highest BCUT2D eigenvalue weighted by molar-refractivity contribution is 5.91. The van der Waals surface area contributed by atoms with Crippen LogP contribution in [0.2, 0.25) is 0 Å². The molecular weight excluding hydrogens is 375 g/mol. The topological polar surface area (TPSA) is 80.7 Å². The fourth-order valence-electron chi connectivity index (χ4n) is 7.64. The van der Waals surface area contributed by atoms with Crippen molar-refractivity contribution < 1.29 is 28.6 Å². The van der Waals surface area contributed by atoms with Crippen LogP contribution in [0.5, 0.6) is 0 Å². The van der Waals surface area contributed by atoms with Gasteiger partial charge in [-0.05, 0) is 56.9 Å². The molecule has 4 aliphatic rings. The minimum Gasteiger partial charge on any atom is -0.451 e. The molecule has 5 nitrogen and oxygen atoms in total. The number of esters is 1. The number of hydrogen-bond acceptors (Lipinski definition) is 5. The summed E-state index contributed by atoms with van der Waals surface area (Å²) in [4.78, 5) is 36.6. The van der Waals surface area contributed by atoms with Crippen LogP contribution in [0.15, 0.2) is 11.6 Å². The van der Waals surface area contributed by atoms with Crippen LogP contribution in [0.1, 0.15) is 72.6 Å². The van der Waals surface area contributed by atoms with Crippen LogP contribution in [-0.2, 0) is 19.1 Å². The van der Waals surface area contributed by atoms with E-state index in [0.717, 1.165) is 5.57 Å². The molecule has 0 aromatic carbocycles. The molecule has 7 unspecified atom stereocenters. The second-order valence-corrected chi connectivity index (χ2v) is 10.1. The lowest BCUT2D eigenvalue weighted by molar-refractivity contribution is -0.242. The number of carbonyl (C=O) groups excluding carboxylic acids is 3. The zero-order valence-electron chi connectivity index (χ0n) is 17.7. The Bertz CT molecular complexity index is 820. The average molecular weight is 406 g/mol. The minimum absolute atomic E-state index is 0.0333. The number of ether oxygens (including phenoxy) is 1. The van der Waals surface area contributed by atoms with Gasteiger partial charge in [0.05, 0.1) is 6.10 Å². The van der Waals surface area contributed by atoms with Crippen molar-refractivity contribution in [2.45, 2.75) is 90.0 Å². The number of ketones is 2. The maximum absolute atomic E-state index is 16.8. The fourth-order valence-corrected chi connectivity index (χ4v) is 7.64. The van der Waals surface area contributed by atoms with Crippen LogP contribution in [0.3, 0.4) is 0 Å². The predicted molar refractivity (Wildman–Crippen MR) is 104 cm³/mol. The molecule has 0 saturated heterocycles. The van der Waals surface area contributed by atoms with Gasteiger partial charge in [0.1, 0.15) is 5.67 Å². The molecule has 0 aromatic heterocycles. The lowest BCUT2D eigenvalue weighted by Gasteiger charge is -2.64. The third-order valence-corrected chi connectivity index (χ3v) is 9.18. The first kappa shape index (κ1) is 20.7. The Morgan fingerprint density at radius 2 is 1.86 bits per heavy atom. The molecule has 0 amide bonds. The zero-order chi connectivity index (χ0) is 21.4. The van der Waals surface area contributed by atoms with Gasteiger partial charge in [-0.2, -0.15) is 0 Å². The number of halogens is 1. The van der Waals surface area contributed by atoms with E-state index in [4.69, 9.17) is 4.74 Å². The van der Waals surface area contributed by atoms with Crippen LogP contribution < -0.4 is 0 Å². The Balaban J connectivity index is 1.83. The van der Waals surface area contributed by atoms with Gasteiger partial charge in [-0.15, -0.1) is 0 Å². The summed E-state index contributed by atoms with van der Waals surface area (Å²) in [7, 11) is 0. The lowest BCUT2D eigenvalue weighted by Crippen LogP contribution is -2.70. The molecule has 0 aromatic rings. The summed E-state index contributed by atoms with van der Waals surface area (Å²) in [5.41, 5.74) is -3.81. The van der Waals surface area contributed by atoms with Crippen molar-refractivity contribution >= 4 is 17.5 Å².